The van der Waals surface area contributed by atoms with E-state index in [1.165, 1.54) is 173 Å². The van der Waals surface area contributed by atoms with Crippen molar-refractivity contribution in [3.8, 4) is 17.2 Å². The minimum Gasteiger partial charge on any atom is -0.508 e. The lowest BCUT2D eigenvalue weighted by Gasteiger charge is -2.04. The predicted molar refractivity (Wildman–Crippen MR) is 237 cm³/mol. The predicted octanol–water partition coefficient (Wildman–Crippen LogP) is 16.4. The molecule has 0 atom stereocenters. The third kappa shape index (κ3) is 28.5. The van der Waals surface area contributed by atoms with Crippen LogP contribution in [0.4, 0.5) is 0 Å². The van der Waals surface area contributed by atoms with Crippen molar-refractivity contribution in [3.05, 3.63) is 89.5 Å². The molecule has 0 heterocycles. The van der Waals surface area contributed by atoms with Crippen LogP contribution in [0.1, 0.15) is 211 Å². The molecule has 0 bridgehead atoms. The fourth-order valence-electron chi connectivity index (χ4n) is 7.05. The normalized spacial score (nSPS) is 10.7. The van der Waals surface area contributed by atoms with E-state index in [0.29, 0.717) is 17.2 Å². The summed E-state index contributed by atoms with van der Waals surface area (Å²) < 4.78 is 0. The van der Waals surface area contributed by atoms with Crippen LogP contribution in [0.15, 0.2) is 72.8 Å². The molecule has 0 aromatic heterocycles. The Morgan fingerprint density at radius 3 is 0.648 bits per heavy atom. The zero-order valence-electron chi connectivity index (χ0n) is 35.5. The van der Waals surface area contributed by atoms with Crippen molar-refractivity contribution < 1.29 is 15.3 Å². The number of rotatable bonds is 30. The fraction of sp³-hybridized carbons (Fsp3) is 0.647. The van der Waals surface area contributed by atoms with Crippen LogP contribution in [0.25, 0.3) is 0 Å². The second-order valence-electron chi connectivity index (χ2n) is 15.6. The van der Waals surface area contributed by atoms with Crippen molar-refractivity contribution in [2.75, 3.05) is 0 Å². The largest absolute Gasteiger partial charge is 0.508 e. The quantitative estimate of drug-likeness (QED) is 0.0596. The number of hydrogen-bond acceptors (Lipinski definition) is 3. The summed E-state index contributed by atoms with van der Waals surface area (Å²) in [6.45, 7) is 6.79. The zero-order chi connectivity index (χ0) is 39.2. The first kappa shape index (κ1) is 49.1. The zero-order valence-corrected chi connectivity index (χ0v) is 35.5. The van der Waals surface area contributed by atoms with Crippen LogP contribution >= 0.6 is 0 Å². The molecular weight excluding hydrogens is 661 g/mol. The molecule has 0 radical (unpaired) electrons. The summed E-state index contributed by atoms with van der Waals surface area (Å²) in [5.74, 6) is 1.37. The van der Waals surface area contributed by atoms with E-state index in [1.807, 2.05) is 54.6 Å². The van der Waals surface area contributed by atoms with Crippen molar-refractivity contribution in [3.63, 3.8) is 0 Å². The number of para-hydroxylation sites is 3. The van der Waals surface area contributed by atoms with Crippen molar-refractivity contribution in [2.45, 2.75) is 213 Å². The molecule has 3 aromatic rings. The smallest absolute Gasteiger partial charge is 0.118 e. The highest BCUT2D eigenvalue weighted by atomic mass is 16.3. The topological polar surface area (TPSA) is 60.7 Å². The summed E-state index contributed by atoms with van der Waals surface area (Å²) in [6, 6.07) is 23.1. The Morgan fingerprint density at radius 1 is 0.259 bits per heavy atom. The minimum absolute atomic E-state index is 0.454. The Balaban J connectivity index is 0.000000406. The monoisotopic (exact) mass is 745 g/mol. The summed E-state index contributed by atoms with van der Waals surface area (Å²) in [5.41, 5.74) is 3.29. The molecular formula is C51H84O3. The van der Waals surface area contributed by atoms with E-state index in [0.717, 1.165) is 36.0 Å². The maximum atomic E-state index is 9.65. The number of benzene rings is 3. The summed E-state index contributed by atoms with van der Waals surface area (Å²) in [6.07, 6.45) is 39.6. The Morgan fingerprint density at radius 2 is 0.444 bits per heavy atom. The van der Waals surface area contributed by atoms with Crippen LogP contribution in [0.5, 0.6) is 17.2 Å². The summed E-state index contributed by atoms with van der Waals surface area (Å²) in [5, 5.41) is 28.9. The summed E-state index contributed by atoms with van der Waals surface area (Å²) >= 11 is 0. The maximum absolute atomic E-state index is 9.65. The van der Waals surface area contributed by atoms with Crippen LogP contribution in [0.3, 0.4) is 0 Å². The lowest BCUT2D eigenvalue weighted by Crippen LogP contribution is -1.87. The Labute approximate surface area is 334 Å². The molecule has 3 rings (SSSR count). The van der Waals surface area contributed by atoms with Gasteiger partial charge in [-0.3, -0.25) is 0 Å². The van der Waals surface area contributed by atoms with E-state index in [-0.39, 0.29) is 0 Å². The van der Waals surface area contributed by atoms with E-state index >= 15 is 0 Å². The summed E-state index contributed by atoms with van der Waals surface area (Å²) in [4.78, 5) is 0. The first-order chi connectivity index (χ1) is 26.5. The number of aromatic hydroxyl groups is 3. The van der Waals surface area contributed by atoms with Crippen LogP contribution in [0.2, 0.25) is 0 Å². The Bertz CT molecular complexity index is 1220. The highest BCUT2D eigenvalue weighted by molar-refractivity contribution is 5.33. The number of phenolic OH excluding ortho intramolecular Hbond substituents is 3. The fourth-order valence-corrected chi connectivity index (χ4v) is 7.05. The SMILES string of the molecule is CCCCCCCCCCCCc1ccccc1O.CCCCCCCCCCCc1ccccc1O.CCCCCCCCCCc1ccccc1O. The molecule has 0 unspecified atom stereocenters. The molecule has 0 fully saturated rings. The van der Waals surface area contributed by atoms with Crippen molar-refractivity contribution in [2.24, 2.45) is 0 Å². The highest BCUT2D eigenvalue weighted by Gasteiger charge is 2.01. The standard InChI is InChI=1S/C18H30O.C17H28O.C16H26O/c1-2-3-4-5-6-7-8-9-10-11-14-17-15-12-13-16-18(17)19;1-2-3-4-5-6-7-8-9-10-13-16-14-11-12-15-17(16)18;1-2-3-4-5-6-7-8-9-12-15-13-10-11-14-16(15)17/h12-13,15-16,19H,2-11,14H2,1H3;11-12,14-15,18H,2-10,13H2,1H3;10-11,13-14,17H,2-9,12H2,1H3. The Hall–Kier alpha value is -2.94. The molecule has 54 heavy (non-hydrogen) atoms. The van der Waals surface area contributed by atoms with Gasteiger partial charge < -0.3 is 15.3 Å². The van der Waals surface area contributed by atoms with E-state index in [2.05, 4.69) is 20.8 Å². The number of hydrogen-bond donors (Lipinski definition) is 3. The molecule has 3 heteroatoms. The minimum atomic E-state index is 0.454. The molecule has 0 spiro atoms. The van der Waals surface area contributed by atoms with Gasteiger partial charge in [0.05, 0.1) is 0 Å². The first-order valence-electron chi connectivity index (χ1n) is 22.8. The molecule has 3 nitrogen and oxygen atoms in total. The van der Waals surface area contributed by atoms with Gasteiger partial charge in [-0.25, -0.2) is 0 Å². The maximum Gasteiger partial charge on any atom is 0.118 e. The average Bonchev–Trinajstić information content (AvgIpc) is 3.18. The molecule has 3 aromatic carbocycles. The van der Waals surface area contributed by atoms with Crippen LogP contribution in [-0.4, -0.2) is 15.3 Å². The van der Waals surface area contributed by atoms with E-state index in [9.17, 15) is 15.3 Å². The Kier molecular flexibility index (Phi) is 33.6. The molecule has 0 aliphatic heterocycles. The lowest BCUT2D eigenvalue weighted by atomic mass is 10.0. The van der Waals surface area contributed by atoms with Gasteiger partial charge >= 0.3 is 0 Å². The van der Waals surface area contributed by atoms with Gasteiger partial charge in [0.2, 0.25) is 0 Å². The summed E-state index contributed by atoms with van der Waals surface area (Å²) in [7, 11) is 0. The third-order valence-electron chi connectivity index (χ3n) is 10.6. The molecule has 3 N–H and O–H groups in total. The van der Waals surface area contributed by atoms with Crippen LogP contribution in [-0.2, 0) is 19.3 Å². The molecule has 0 amide bonds. The van der Waals surface area contributed by atoms with Gasteiger partial charge in [-0.15, -0.1) is 0 Å². The van der Waals surface area contributed by atoms with Gasteiger partial charge in [0.1, 0.15) is 17.2 Å². The second kappa shape index (κ2) is 37.0. The van der Waals surface area contributed by atoms with E-state index in [4.69, 9.17) is 0 Å². The second-order valence-corrected chi connectivity index (χ2v) is 15.6. The number of unbranched alkanes of at least 4 members (excludes halogenated alkanes) is 24. The molecule has 0 saturated heterocycles. The number of aryl methyl sites for hydroxylation is 3. The van der Waals surface area contributed by atoms with Crippen molar-refractivity contribution in [1.29, 1.82) is 0 Å². The van der Waals surface area contributed by atoms with Gasteiger partial charge in [-0.1, -0.05) is 229 Å². The van der Waals surface area contributed by atoms with Crippen molar-refractivity contribution in [1.82, 2.24) is 0 Å². The van der Waals surface area contributed by atoms with E-state index < -0.39 is 0 Å². The van der Waals surface area contributed by atoms with E-state index in [1.54, 1.807) is 18.2 Å². The molecule has 0 saturated carbocycles. The first-order valence-corrected chi connectivity index (χ1v) is 22.8. The van der Waals surface area contributed by atoms with Gasteiger partial charge in [0.25, 0.3) is 0 Å². The van der Waals surface area contributed by atoms with Gasteiger partial charge in [-0.2, -0.15) is 0 Å². The van der Waals surface area contributed by atoms with Crippen LogP contribution in [0, 0.1) is 0 Å². The molecule has 306 valence electrons. The van der Waals surface area contributed by atoms with Crippen molar-refractivity contribution >= 4 is 0 Å². The van der Waals surface area contributed by atoms with Gasteiger partial charge in [0, 0.05) is 0 Å². The lowest BCUT2D eigenvalue weighted by molar-refractivity contribution is 0.465. The van der Waals surface area contributed by atoms with Gasteiger partial charge in [-0.05, 0) is 73.4 Å². The van der Waals surface area contributed by atoms with Gasteiger partial charge in [0.15, 0.2) is 0 Å². The van der Waals surface area contributed by atoms with Crippen LogP contribution < -0.4 is 0 Å². The number of phenols is 3. The molecule has 0 aliphatic rings. The average molecular weight is 745 g/mol. The molecule has 0 aliphatic carbocycles. The highest BCUT2D eigenvalue weighted by Crippen LogP contribution is 2.21. The third-order valence-corrected chi connectivity index (χ3v) is 10.6.